The highest BCUT2D eigenvalue weighted by Gasteiger charge is 1.93. The number of aromatic nitrogens is 1. The Morgan fingerprint density at radius 2 is 1.50 bits per heavy atom. The summed E-state index contributed by atoms with van der Waals surface area (Å²) in [6.45, 7) is 8.35. The van der Waals surface area contributed by atoms with Gasteiger partial charge < -0.3 is 0 Å². The van der Waals surface area contributed by atoms with Crippen LogP contribution >= 0.6 is 0 Å². The van der Waals surface area contributed by atoms with Crippen molar-refractivity contribution >= 4 is 0 Å². The minimum Gasteiger partial charge on any atom is -0.265 e. The molecule has 1 aromatic heterocycles. The Hall–Kier alpha value is -0.850. The maximum atomic E-state index is 3.93. The second kappa shape index (κ2) is 8.25. The van der Waals surface area contributed by atoms with E-state index in [1.165, 1.54) is 5.56 Å². The summed E-state index contributed by atoms with van der Waals surface area (Å²) in [5.74, 6) is 0.619. The highest BCUT2D eigenvalue weighted by Crippen LogP contribution is 2.10. The van der Waals surface area contributed by atoms with Crippen LogP contribution < -0.4 is 0 Å². The molecule has 1 aromatic rings. The van der Waals surface area contributed by atoms with Gasteiger partial charge in [0.05, 0.1) is 0 Å². The molecule has 0 atom stereocenters. The van der Waals surface area contributed by atoms with Crippen LogP contribution in [-0.2, 0) is 0 Å². The summed E-state index contributed by atoms with van der Waals surface area (Å²) in [5, 5.41) is 0. The highest BCUT2D eigenvalue weighted by atomic mass is 14.6. The molecule has 0 bridgehead atoms. The van der Waals surface area contributed by atoms with E-state index in [1.807, 2.05) is 38.4 Å². The van der Waals surface area contributed by atoms with Gasteiger partial charge in [0.25, 0.3) is 0 Å². The Bertz CT molecular complexity index is 168. The number of rotatable bonds is 1. The molecule has 1 heteroatoms. The highest BCUT2D eigenvalue weighted by molar-refractivity contribution is 5.13. The molecule has 70 valence electrons. The van der Waals surface area contributed by atoms with E-state index in [4.69, 9.17) is 0 Å². The molecule has 0 aliphatic carbocycles. The van der Waals surface area contributed by atoms with Gasteiger partial charge in [-0.25, -0.2) is 0 Å². The summed E-state index contributed by atoms with van der Waals surface area (Å²) in [6.07, 6.45) is 3.66. The first-order valence-electron chi connectivity index (χ1n) is 4.20. The van der Waals surface area contributed by atoms with E-state index < -0.39 is 0 Å². The molecule has 0 fully saturated rings. The van der Waals surface area contributed by atoms with Crippen molar-refractivity contribution in [1.29, 1.82) is 0 Å². The van der Waals surface area contributed by atoms with E-state index >= 15 is 0 Å². The van der Waals surface area contributed by atoms with E-state index in [1.54, 1.807) is 0 Å². The zero-order valence-electron chi connectivity index (χ0n) is 7.83. The van der Waals surface area contributed by atoms with Crippen molar-refractivity contribution < 1.29 is 0 Å². The topological polar surface area (TPSA) is 12.9 Å². The molecule has 0 N–H and O–H groups in total. The lowest BCUT2D eigenvalue weighted by molar-refractivity contribution is 0.863. The predicted molar refractivity (Wildman–Crippen MR) is 56.4 cm³/mol. The first-order valence-corrected chi connectivity index (χ1v) is 4.20. The predicted octanol–water partition coefficient (Wildman–Crippen LogP) is 3.87. The number of hydrogen-bond donors (Lipinski definition) is 0. The zero-order chi connectivity index (χ0) is 8.69. The molecular formula is C11H21N. The Labute approximate surface area is 76.9 Å². The molecule has 1 heterocycles. The van der Waals surface area contributed by atoms with E-state index in [0.29, 0.717) is 5.92 Å². The van der Waals surface area contributed by atoms with Crippen LogP contribution in [0.3, 0.4) is 0 Å². The lowest BCUT2D eigenvalue weighted by Crippen LogP contribution is -1.85. The van der Waals surface area contributed by atoms with Gasteiger partial charge in [0, 0.05) is 12.4 Å². The molecule has 0 unspecified atom stereocenters. The van der Waals surface area contributed by atoms with Crippen LogP contribution in [0, 0.1) is 0 Å². The quantitative estimate of drug-likeness (QED) is 0.618. The molecule has 0 radical (unpaired) electrons. The molecule has 12 heavy (non-hydrogen) atoms. The third-order valence-electron chi connectivity index (χ3n) is 1.37. The molecule has 1 rings (SSSR count). The lowest BCUT2D eigenvalue weighted by Gasteiger charge is -2.01. The average molecular weight is 167 g/mol. The van der Waals surface area contributed by atoms with Crippen LogP contribution in [0.4, 0.5) is 0 Å². The minimum absolute atomic E-state index is 0. The van der Waals surface area contributed by atoms with Gasteiger partial charge in [0.15, 0.2) is 0 Å². The standard InChI is InChI=1S/C8H11N.C2H6.CH4/c1-7(2)8-3-5-9-6-4-8;1-2;/h3-7H,1-2H3;1-2H3;1H4. The number of nitrogens with zero attached hydrogens (tertiary/aromatic N) is 1. The van der Waals surface area contributed by atoms with Crippen molar-refractivity contribution in [3.8, 4) is 0 Å². The van der Waals surface area contributed by atoms with Crippen LogP contribution in [0.2, 0.25) is 0 Å². The van der Waals surface area contributed by atoms with Crippen molar-refractivity contribution in [2.24, 2.45) is 0 Å². The smallest absolute Gasteiger partial charge is 0.0270 e. The monoisotopic (exact) mass is 167 g/mol. The normalized spacial score (nSPS) is 8.08. The Balaban J connectivity index is 0. The second-order valence-electron chi connectivity index (χ2n) is 2.44. The number of pyridine rings is 1. The molecule has 1 nitrogen and oxygen atoms in total. The Morgan fingerprint density at radius 1 is 1.08 bits per heavy atom. The lowest BCUT2D eigenvalue weighted by atomic mass is 10.1. The molecule has 0 spiro atoms. The van der Waals surface area contributed by atoms with Crippen molar-refractivity contribution in [3.63, 3.8) is 0 Å². The van der Waals surface area contributed by atoms with Gasteiger partial charge >= 0.3 is 0 Å². The summed E-state index contributed by atoms with van der Waals surface area (Å²) in [6, 6.07) is 4.09. The molecule has 0 saturated carbocycles. The van der Waals surface area contributed by atoms with Crippen molar-refractivity contribution in [3.05, 3.63) is 30.1 Å². The minimum atomic E-state index is 0. The van der Waals surface area contributed by atoms with E-state index in [0.717, 1.165) is 0 Å². The van der Waals surface area contributed by atoms with E-state index in [9.17, 15) is 0 Å². The summed E-state index contributed by atoms with van der Waals surface area (Å²) in [5.41, 5.74) is 1.35. The van der Waals surface area contributed by atoms with Crippen LogP contribution in [-0.4, -0.2) is 4.98 Å². The van der Waals surface area contributed by atoms with Gasteiger partial charge in [-0.15, -0.1) is 0 Å². The molecule has 0 aliphatic heterocycles. The third kappa shape index (κ3) is 4.89. The van der Waals surface area contributed by atoms with Crippen LogP contribution in [0.15, 0.2) is 24.5 Å². The fourth-order valence-electron chi connectivity index (χ4n) is 0.748. The molecule has 0 amide bonds. The van der Waals surface area contributed by atoms with Gasteiger partial charge in [0.1, 0.15) is 0 Å². The van der Waals surface area contributed by atoms with Crippen molar-refractivity contribution in [2.75, 3.05) is 0 Å². The van der Waals surface area contributed by atoms with Gasteiger partial charge in [-0.2, -0.15) is 0 Å². The van der Waals surface area contributed by atoms with E-state index in [2.05, 4.69) is 18.8 Å². The summed E-state index contributed by atoms with van der Waals surface area (Å²) in [7, 11) is 0. The number of hydrogen-bond acceptors (Lipinski definition) is 1. The van der Waals surface area contributed by atoms with Crippen molar-refractivity contribution in [2.45, 2.75) is 41.0 Å². The molecular weight excluding hydrogens is 146 g/mol. The maximum absolute atomic E-state index is 3.93. The summed E-state index contributed by atoms with van der Waals surface area (Å²) >= 11 is 0. The fourth-order valence-corrected chi connectivity index (χ4v) is 0.748. The largest absolute Gasteiger partial charge is 0.265 e. The summed E-state index contributed by atoms with van der Waals surface area (Å²) < 4.78 is 0. The van der Waals surface area contributed by atoms with Gasteiger partial charge in [-0.1, -0.05) is 35.1 Å². The first-order chi connectivity index (χ1) is 5.30. The average Bonchev–Trinajstić information content (AvgIpc) is 2.10. The zero-order valence-corrected chi connectivity index (χ0v) is 7.83. The fraction of sp³-hybridized carbons (Fsp3) is 0.545. The van der Waals surface area contributed by atoms with Crippen molar-refractivity contribution in [1.82, 2.24) is 4.98 Å². The molecule has 0 aliphatic rings. The molecule has 0 saturated heterocycles. The SMILES string of the molecule is C.CC.CC(C)c1ccncc1. The van der Waals surface area contributed by atoms with Gasteiger partial charge in [-0.05, 0) is 23.6 Å². The van der Waals surface area contributed by atoms with Gasteiger partial charge in [0.2, 0.25) is 0 Å². The van der Waals surface area contributed by atoms with Crippen LogP contribution in [0.5, 0.6) is 0 Å². The second-order valence-corrected chi connectivity index (χ2v) is 2.44. The summed E-state index contributed by atoms with van der Waals surface area (Å²) in [4.78, 5) is 3.93. The van der Waals surface area contributed by atoms with Crippen LogP contribution in [0.25, 0.3) is 0 Å². The maximum Gasteiger partial charge on any atom is 0.0270 e. The third-order valence-corrected chi connectivity index (χ3v) is 1.37. The first kappa shape index (κ1) is 13.7. The Morgan fingerprint density at radius 3 is 1.75 bits per heavy atom. The van der Waals surface area contributed by atoms with E-state index in [-0.39, 0.29) is 7.43 Å². The molecule has 0 aromatic carbocycles. The van der Waals surface area contributed by atoms with Crippen LogP contribution in [0.1, 0.15) is 46.6 Å². The van der Waals surface area contributed by atoms with Gasteiger partial charge in [-0.3, -0.25) is 4.98 Å². The Kier molecular flexibility index (Phi) is 9.43.